The number of nitrogens with zero attached hydrogens (tertiary/aromatic N) is 2. The molecule has 0 radical (unpaired) electrons. The molecule has 1 aliphatic rings. The summed E-state index contributed by atoms with van der Waals surface area (Å²) in [6.45, 7) is 0.685. The molecule has 4 nitrogen and oxygen atoms in total. The molecule has 142 valence electrons. The third-order valence-electron chi connectivity index (χ3n) is 5.07. The molecular weight excluding hydrogens is 405 g/mol. The molecule has 0 saturated carbocycles. The van der Waals surface area contributed by atoms with E-state index in [4.69, 9.17) is 23.2 Å². The molecular formula is C23H15Cl2N3O. The first-order valence-corrected chi connectivity index (χ1v) is 9.93. The second-order valence-corrected chi connectivity index (χ2v) is 7.83. The minimum Gasteiger partial charge on any atom is -0.338 e. The Labute approximate surface area is 177 Å². The summed E-state index contributed by atoms with van der Waals surface area (Å²) in [4.78, 5) is 24.9. The molecule has 1 aliphatic heterocycles. The predicted molar refractivity (Wildman–Crippen MR) is 117 cm³/mol. The molecule has 1 N–H and O–H groups in total. The van der Waals surface area contributed by atoms with Gasteiger partial charge in [-0.1, -0.05) is 47.5 Å². The molecule has 5 rings (SSSR count). The average Bonchev–Trinajstić information content (AvgIpc) is 3.33. The van der Waals surface area contributed by atoms with Crippen LogP contribution >= 0.6 is 23.2 Å². The Morgan fingerprint density at radius 3 is 2.69 bits per heavy atom. The Bertz CT molecular complexity index is 1290. The lowest BCUT2D eigenvalue weighted by Gasteiger charge is -2.04. The van der Waals surface area contributed by atoms with Crippen molar-refractivity contribution in [3.8, 4) is 11.4 Å². The Morgan fingerprint density at radius 1 is 1.03 bits per heavy atom. The number of benzene rings is 3. The minimum atomic E-state index is 0.0534. The molecule has 0 amide bonds. The maximum absolute atomic E-state index is 12.8. The Hall–Kier alpha value is -2.95. The molecule has 0 aliphatic carbocycles. The number of carbonyl (C=O) groups is 1. The molecule has 0 spiro atoms. The topological polar surface area (TPSA) is 58.1 Å². The number of rotatable bonds is 4. The number of aromatic nitrogens is 2. The van der Waals surface area contributed by atoms with Gasteiger partial charge in [0.2, 0.25) is 0 Å². The van der Waals surface area contributed by atoms with Gasteiger partial charge >= 0.3 is 0 Å². The minimum absolute atomic E-state index is 0.0534. The van der Waals surface area contributed by atoms with Crippen LogP contribution in [0.25, 0.3) is 22.4 Å². The van der Waals surface area contributed by atoms with Crippen molar-refractivity contribution in [3.05, 3.63) is 86.9 Å². The van der Waals surface area contributed by atoms with Crippen molar-refractivity contribution < 1.29 is 4.79 Å². The molecule has 2 heterocycles. The fourth-order valence-corrected chi connectivity index (χ4v) is 4.16. The summed E-state index contributed by atoms with van der Waals surface area (Å²) in [5.74, 6) is 0.636. The fraction of sp³-hybridized carbons (Fsp3) is 0.0870. The van der Waals surface area contributed by atoms with E-state index in [0.29, 0.717) is 40.0 Å². The number of carbonyl (C=O) groups excluding carboxylic acids is 1. The average molecular weight is 420 g/mol. The van der Waals surface area contributed by atoms with Crippen molar-refractivity contribution in [1.29, 1.82) is 0 Å². The lowest BCUT2D eigenvalue weighted by Crippen LogP contribution is -2.04. The van der Waals surface area contributed by atoms with Crippen molar-refractivity contribution >= 4 is 46.2 Å². The van der Waals surface area contributed by atoms with Crippen LogP contribution in [-0.2, 0) is 13.0 Å². The number of aromatic amines is 1. The zero-order valence-corrected chi connectivity index (χ0v) is 16.8. The lowest BCUT2D eigenvalue weighted by atomic mass is 9.99. The van der Waals surface area contributed by atoms with Gasteiger partial charge in [0.05, 0.1) is 33.2 Å². The molecule has 29 heavy (non-hydrogen) atoms. The molecule has 3 aromatic carbocycles. The van der Waals surface area contributed by atoms with Crippen LogP contribution in [0, 0.1) is 0 Å². The third-order valence-corrected chi connectivity index (χ3v) is 5.70. The molecule has 0 atom stereocenters. The zero-order chi connectivity index (χ0) is 20.0. The van der Waals surface area contributed by atoms with Gasteiger partial charge in [-0.05, 0) is 47.0 Å². The van der Waals surface area contributed by atoms with E-state index in [0.717, 1.165) is 22.2 Å². The summed E-state index contributed by atoms with van der Waals surface area (Å²) in [7, 11) is 0. The Kier molecular flexibility index (Phi) is 4.46. The normalized spacial score (nSPS) is 12.5. The second-order valence-electron chi connectivity index (χ2n) is 7.02. The zero-order valence-electron chi connectivity index (χ0n) is 15.2. The van der Waals surface area contributed by atoms with Gasteiger partial charge in [0.1, 0.15) is 5.82 Å². The molecule has 0 saturated heterocycles. The van der Waals surface area contributed by atoms with Crippen molar-refractivity contribution in [2.24, 2.45) is 4.99 Å². The summed E-state index contributed by atoms with van der Waals surface area (Å²) >= 11 is 12.6. The van der Waals surface area contributed by atoms with Gasteiger partial charge in [-0.3, -0.25) is 9.79 Å². The van der Waals surface area contributed by atoms with E-state index in [1.165, 1.54) is 5.56 Å². The summed E-state index contributed by atoms with van der Waals surface area (Å²) in [5, 5.41) is 1.04. The summed E-state index contributed by atoms with van der Waals surface area (Å²) in [5.41, 5.74) is 6.10. The van der Waals surface area contributed by atoms with Crippen molar-refractivity contribution in [2.45, 2.75) is 13.0 Å². The van der Waals surface area contributed by atoms with Crippen molar-refractivity contribution in [3.63, 3.8) is 0 Å². The van der Waals surface area contributed by atoms with Crippen LogP contribution in [0.15, 0.2) is 59.6 Å². The number of Topliss-reactive ketones (excluding diaryl/α,β-unsaturated/α-hetero) is 1. The van der Waals surface area contributed by atoms with Crippen LogP contribution in [0.4, 0.5) is 0 Å². The molecule has 6 heteroatoms. The van der Waals surface area contributed by atoms with E-state index in [1.54, 1.807) is 24.3 Å². The molecule has 0 fully saturated rings. The predicted octanol–water partition coefficient (Wildman–Crippen LogP) is 5.89. The number of fused-ring (bicyclic) bond motifs is 2. The number of hydrogen-bond donors (Lipinski definition) is 1. The van der Waals surface area contributed by atoms with Crippen LogP contribution in [0.3, 0.4) is 0 Å². The van der Waals surface area contributed by atoms with Gasteiger partial charge in [-0.15, -0.1) is 0 Å². The number of nitrogens with one attached hydrogen (secondary N) is 1. The van der Waals surface area contributed by atoms with Crippen LogP contribution in [0.5, 0.6) is 0 Å². The van der Waals surface area contributed by atoms with Gasteiger partial charge in [0.25, 0.3) is 0 Å². The Morgan fingerprint density at radius 2 is 1.86 bits per heavy atom. The van der Waals surface area contributed by atoms with E-state index in [2.05, 4.69) is 21.0 Å². The summed E-state index contributed by atoms with van der Waals surface area (Å²) in [6.07, 6.45) is 2.21. The number of halogens is 2. The van der Waals surface area contributed by atoms with E-state index >= 15 is 0 Å². The van der Waals surface area contributed by atoms with Gasteiger partial charge in [-0.2, -0.15) is 0 Å². The molecule has 0 bridgehead atoms. The largest absolute Gasteiger partial charge is 0.338 e. The van der Waals surface area contributed by atoms with Crippen LogP contribution in [-0.4, -0.2) is 22.0 Å². The summed E-state index contributed by atoms with van der Waals surface area (Å²) < 4.78 is 0. The second kappa shape index (κ2) is 7.14. The molecule has 4 aromatic rings. The number of aliphatic imine (C=N–C) groups is 1. The maximum atomic E-state index is 12.8. The number of imidazole rings is 1. The molecule has 1 aromatic heterocycles. The highest BCUT2D eigenvalue weighted by Gasteiger charge is 2.15. The van der Waals surface area contributed by atoms with Crippen molar-refractivity contribution in [2.75, 3.05) is 0 Å². The first kappa shape index (κ1) is 18.1. The van der Waals surface area contributed by atoms with Crippen LogP contribution < -0.4 is 0 Å². The molecule has 0 unspecified atom stereocenters. The van der Waals surface area contributed by atoms with Crippen molar-refractivity contribution in [1.82, 2.24) is 9.97 Å². The van der Waals surface area contributed by atoms with Crippen LogP contribution in [0.1, 0.15) is 27.0 Å². The van der Waals surface area contributed by atoms with E-state index in [9.17, 15) is 4.79 Å². The van der Waals surface area contributed by atoms with E-state index in [1.807, 2.05) is 30.5 Å². The fourth-order valence-electron chi connectivity index (χ4n) is 3.59. The van der Waals surface area contributed by atoms with E-state index in [-0.39, 0.29) is 5.78 Å². The SMILES string of the molecule is O=C(Cc1ccc2c(c1)CN=C2)c1ccc2nc(-c3c(Cl)cccc3Cl)[nH]c2c1. The standard InChI is InChI=1S/C23H15Cl2N3O/c24-17-2-1-3-18(25)22(17)23-27-19-7-6-14(10-20(19)28-23)21(29)9-13-4-5-15-11-26-12-16(15)8-13/h1-8,10-11H,9,12H2,(H,27,28). The quantitative estimate of drug-likeness (QED) is 0.418. The van der Waals surface area contributed by atoms with E-state index < -0.39 is 0 Å². The van der Waals surface area contributed by atoms with Gasteiger partial charge in [-0.25, -0.2) is 4.98 Å². The number of H-pyrrole nitrogens is 1. The van der Waals surface area contributed by atoms with Gasteiger partial charge < -0.3 is 4.98 Å². The monoisotopic (exact) mass is 419 g/mol. The third kappa shape index (κ3) is 3.35. The number of hydrogen-bond acceptors (Lipinski definition) is 3. The maximum Gasteiger partial charge on any atom is 0.167 e. The lowest BCUT2D eigenvalue weighted by molar-refractivity contribution is 0.0993. The highest BCUT2D eigenvalue weighted by Crippen LogP contribution is 2.34. The van der Waals surface area contributed by atoms with Gasteiger partial charge in [0, 0.05) is 18.2 Å². The highest BCUT2D eigenvalue weighted by atomic mass is 35.5. The Balaban J connectivity index is 1.45. The van der Waals surface area contributed by atoms with Gasteiger partial charge in [0.15, 0.2) is 5.78 Å². The summed E-state index contributed by atoms with van der Waals surface area (Å²) in [6, 6.07) is 16.9. The smallest absolute Gasteiger partial charge is 0.167 e. The first-order chi connectivity index (χ1) is 14.1. The highest BCUT2D eigenvalue weighted by molar-refractivity contribution is 6.39. The van der Waals surface area contributed by atoms with Crippen LogP contribution in [0.2, 0.25) is 10.0 Å². The first-order valence-electron chi connectivity index (χ1n) is 9.17. The number of ketones is 1.